The molecule has 6 nitrogen and oxygen atoms in total. The predicted octanol–water partition coefficient (Wildman–Crippen LogP) is 3.50. The Morgan fingerprint density at radius 3 is 2.30 bits per heavy atom. The van der Waals surface area contributed by atoms with Crippen LogP contribution in [-0.4, -0.2) is 41.1 Å². The minimum atomic E-state index is 0.639. The second kappa shape index (κ2) is 8.03. The summed E-state index contributed by atoms with van der Waals surface area (Å²) in [5.74, 6) is 2.64. The lowest BCUT2D eigenvalue weighted by Gasteiger charge is -2.36. The van der Waals surface area contributed by atoms with E-state index in [-0.39, 0.29) is 0 Å². The van der Waals surface area contributed by atoms with Crippen molar-refractivity contribution in [3.63, 3.8) is 0 Å². The van der Waals surface area contributed by atoms with Gasteiger partial charge in [0.15, 0.2) is 0 Å². The quantitative estimate of drug-likeness (QED) is 0.751. The molecule has 0 bridgehead atoms. The van der Waals surface area contributed by atoms with Gasteiger partial charge < -0.3 is 15.1 Å². The maximum Gasteiger partial charge on any atom is 0.229 e. The molecule has 1 saturated heterocycles. The van der Waals surface area contributed by atoms with Crippen molar-refractivity contribution in [1.82, 2.24) is 15.0 Å². The standard InChI is InChI=1S/C21H24N6/c1-2-17-7-3-4-8-18(17)24-21-23-12-10-20(25-21)27-15-13-26(14-16-27)19-9-5-6-11-22-19/h3-12H,2,13-16H2,1H3,(H,23,24,25). The fourth-order valence-electron chi connectivity index (χ4n) is 3.36. The first-order valence-electron chi connectivity index (χ1n) is 9.42. The monoisotopic (exact) mass is 360 g/mol. The van der Waals surface area contributed by atoms with Crippen molar-refractivity contribution in [3.8, 4) is 0 Å². The number of pyridine rings is 1. The number of aryl methyl sites for hydroxylation is 1. The van der Waals surface area contributed by atoms with Crippen LogP contribution < -0.4 is 15.1 Å². The van der Waals surface area contributed by atoms with E-state index in [0.29, 0.717) is 5.95 Å². The summed E-state index contributed by atoms with van der Waals surface area (Å²) < 4.78 is 0. The summed E-state index contributed by atoms with van der Waals surface area (Å²) in [6.07, 6.45) is 4.64. The molecule has 6 heteroatoms. The smallest absolute Gasteiger partial charge is 0.229 e. The molecule has 1 aliphatic heterocycles. The van der Waals surface area contributed by atoms with Gasteiger partial charge in [-0.2, -0.15) is 4.98 Å². The lowest BCUT2D eigenvalue weighted by atomic mass is 10.1. The molecule has 0 amide bonds. The molecule has 1 aromatic carbocycles. The average Bonchev–Trinajstić information content (AvgIpc) is 2.75. The number of hydrogen-bond acceptors (Lipinski definition) is 6. The van der Waals surface area contributed by atoms with Crippen LogP contribution in [0.15, 0.2) is 60.9 Å². The molecule has 1 N–H and O–H groups in total. The van der Waals surface area contributed by atoms with Gasteiger partial charge in [0, 0.05) is 44.3 Å². The van der Waals surface area contributed by atoms with Gasteiger partial charge in [-0.1, -0.05) is 31.2 Å². The minimum absolute atomic E-state index is 0.639. The number of nitrogens with one attached hydrogen (secondary N) is 1. The summed E-state index contributed by atoms with van der Waals surface area (Å²) >= 11 is 0. The van der Waals surface area contributed by atoms with E-state index in [1.54, 1.807) is 0 Å². The van der Waals surface area contributed by atoms with Gasteiger partial charge in [-0.15, -0.1) is 0 Å². The second-order valence-corrected chi connectivity index (χ2v) is 6.54. The van der Waals surface area contributed by atoms with Crippen molar-refractivity contribution in [2.24, 2.45) is 0 Å². The molecule has 1 fully saturated rings. The summed E-state index contributed by atoms with van der Waals surface area (Å²) in [4.78, 5) is 18.2. The van der Waals surface area contributed by atoms with Crippen molar-refractivity contribution >= 4 is 23.3 Å². The molecule has 0 radical (unpaired) electrons. The highest BCUT2D eigenvalue weighted by Gasteiger charge is 2.19. The summed E-state index contributed by atoms with van der Waals surface area (Å²) in [6.45, 7) is 5.85. The van der Waals surface area contributed by atoms with Gasteiger partial charge in [-0.25, -0.2) is 9.97 Å². The molecule has 0 saturated carbocycles. The molecule has 4 rings (SSSR count). The van der Waals surface area contributed by atoms with Crippen molar-refractivity contribution < 1.29 is 0 Å². The molecule has 3 heterocycles. The third kappa shape index (κ3) is 4.00. The Morgan fingerprint density at radius 1 is 0.815 bits per heavy atom. The van der Waals surface area contributed by atoms with E-state index in [0.717, 1.165) is 49.9 Å². The number of piperazine rings is 1. The van der Waals surface area contributed by atoms with E-state index in [2.05, 4.69) is 56.3 Å². The first-order chi connectivity index (χ1) is 13.3. The van der Waals surface area contributed by atoms with E-state index >= 15 is 0 Å². The lowest BCUT2D eigenvalue weighted by Crippen LogP contribution is -2.47. The number of benzene rings is 1. The lowest BCUT2D eigenvalue weighted by molar-refractivity contribution is 0.641. The van der Waals surface area contributed by atoms with Crippen LogP contribution in [0.2, 0.25) is 0 Å². The zero-order chi connectivity index (χ0) is 18.5. The fourth-order valence-corrected chi connectivity index (χ4v) is 3.36. The topological polar surface area (TPSA) is 57.2 Å². The fraction of sp³-hybridized carbons (Fsp3) is 0.286. The molecule has 0 spiro atoms. The third-order valence-electron chi connectivity index (χ3n) is 4.86. The van der Waals surface area contributed by atoms with Crippen molar-refractivity contribution in [2.75, 3.05) is 41.3 Å². The summed E-state index contributed by atoms with van der Waals surface area (Å²) in [5, 5.41) is 3.37. The molecule has 3 aromatic rings. The van der Waals surface area contributed by atoms with Gasteiger partial charge in [-0.3, -0.25) is 0 Å². The Balaban J connectivity index is 1.44. The first kappa shape index (κ1) is 17.3. The van der Waals surface area contributed by atoms with Crippen LogP contribution in [0.3, 0.4) is 0 Å². The average molecular weight is 360 g/mol. The van der Waals surface area contributed by atoms with Crippen LogP contribution in [-0.2, 0) is 6.42 Å². The van der Waals surface area contributed by atoms with Crippen molar-refractivity contribution in [3.05, 3.63) is 66.5 Å². The molecule has 0 atom stereocenters. The van der Waals surface area contributed by atoms with Gasteiger partial charge in [0.1, 0.15) is 11.6 Å². The van der Waals surface area contributed by atoms with Gasteiger partial charge >= 0.3 is 0 Å². The number of nitrogens with zero attached hydrogens (tertiary/aromatic N) is 5. The van der Waals surface area contributed by atoms with Gasteiger partial charge in [0.2, 0.25) is 5.95 Å². The SMILES string of the molecule is CCc1ccccc1Nc1nccc(N2CCN(c3ccccn3)CC2)n1. The van der Waals surface area contributed by atoms with Gasteiger partial charge in [-0.05, 0) is 36.2 Å². The number of rotatable bonds is 5. The maximum absolute atomic E-state index is 4.73. The zero-order valence-electron chi connectivity index (χ0n) is 15.5. The number of para-hydroxylation sites is 1. The van der Waals surface area contributed by atoms with Crippen molar-refractivity contribution in [2.45, 2.75) is 13.3 Å². The molecule has 1 aliphatic rings. The van der Waals surface area contributed by atoms with Crippen LogP contribution in [0.5, 0.6) is 0 Å². The van der Waals surface area contributed by atoms with Gasteiger partial charge in [0.05, 0.1) is 0 Å². The maximum atomic E-state index is 4.73. The van der Waals surface area contributed by atoms with E-state index in [1.807, 2.05) is 36.7 Å². The summed E-state index contributed by atoms with van der Waals surface area (Å²) in [7, 11) is 0. The Morgan fingerprint density at radius 2 is 1.56 bits per heavy atom. The highest BCUT2D eigenvalue weighted by Crippen LogP contribution is 2.22. The van der Waals surface area contributed by atoms with E-state index < -0.39 is 0 Å². The first-order valence-corrected chi connectivity index (χ1v) is 9.42. The Kier molecular flexibility index (Phi) is 5.14. The summed E-state index contributed by atoms with van der Waals surface area (Å²) in [5.41, 5.74) is 2.33. The van der Waals surface area contributed by atoms with Crippen LogP contribution in [0.1, 0.15) is 12.5 Å². The molecular formula is C21H24N6. The van der Waals surface area contributed by atoms with Crippen LogP contribution in [0, 0.1) is 0 Å². The zero-order valence-corrected chi connectivity index (χ0v) is 15.5. The Bertz CT molecular complexity index is 875. The van der Waals surface area contributed by atoms with E-state index in [4.69, 9.17) is 4.98 Å². The molecular weight excluding hydrogens is 336 g/mol. The van der Waals surface area contributed by atoms with Crippen molar-refractivity contribution in [1.29, 1.82) is 0 Å². The van der Waals surface area contributed by atoms with E-state index in [1.165, 1.54) is 5.56 Å². The normalized spacial score (nSPS) is 14.3. The highest BCUT2D eigenvalue weighted by atomic mass is 15.3. The van der Waals surface area contributed by atoms with Crippen LogP contribution in [0.25, 0.3) is 0 Å². The minimum Gasteiger partial charge on any atom is -0.353 e. The largest absolute Gasteiger partial charge is 0.353 e. The summed E-state index contributed by atoms with van der Waals surface area (Å²) in [6, 6.07) is 16.3. The molecule has 138 valence electrons. The second-order valence-electron chi connectivity index (χ2n) is 6.54. The highest BCUT2D eigenvalue weighted by molar-refractivity contribution is 5.59. The molecule has 0 aliphatic carbocycles. The molecule has 2 aromatic heterocycles. The van der Waals surface area contributed by atoms with Gasteiger partial charge in [0.25, 0.3) is 0 Å². The Hall–Kier alpha value is -3.15. The number of anilines is 4. The Labute approximate surface area is 159 Å². The third-order valence-corrected chi connectivity index (χ3v) is 4.86. The van der Waals surface area contributed by atoms with Crippen LogP contribution in [0.4, 0.5) is 23.3 Å². The number of aromatic nitrogens is 3. The van der Waals surface area contributed by atoms with E-state index in [9.17, 15) is 0 Å². The predicted molar refractivity (Wildman–Crippen MR) is 110 cm³/mol. The molecule has 0 unspecified atom stereocenters. The number of hydrogen-bond donors (Lipinski definition) is 1. The molecule has 27 heavy (non-hydrogen) atoms. The van der Waals surface area contributed by atoms with Crippen LogP contribution >= 0.6 is 0 Å².